The average Bonchev–Trinajstić information content (AvgIpc) is 2.67. The zero-order chi connectivity index (χ0) is 18.4. The van der Waals surface area contributed by atoms with E-state index in [1.807, 2.05) is 67.4 Å². The molecule has 0 fully saturated rings. The lowest BCUT2D eigenvalue weighted by Gasteiger charge is -2.28. The normalized spacial score (nSPS) is 11.9. The Balaban J connectivity index is 2.09. The second-order valence-electron chi connectivity index (χ2n) is 6.00. The number of para-hydroxylation sites is 1. The highest BCUT2D eigenvalue weighted by Crippen LogP contribution is 2.26. The van der Waals surface area contributed by atoms with Crippen LogP contribution in [-0.2, 0) is 11.3 Å². The molecule has 0 spiro atoms. The van der Waals surface area contributed by atoms with Crippen molar-refractivity contribution in [3.63, 3.8) is 0 Å². The molecule has 1 amide bonds. The van der Waals surface area contributed by atoms with Crippen LogP contribution in [0.4, 0.5) is 5.69 Å². The van der Waals surface area contributed by atoms with Crippen LogP contribution in [0.25, 0.3) is 0 Å². The van der Waals surface area contributed by atoms with Crippen molar-refractivity contribution in [2.75, 3.05) is 33.2 Å². The van der Waals surface area contributed by atoms with Gasteiger partial charge in [-0.25, -0.2) is 0 Å². The Morgan fingerprint density at radius 3 is 2.32 bits per heavy atom. The highest BCUT2D eigenvalue weighted by Gasteiger charge is 2.23. The van der Waals surface area contributed by atoms with Crippen LogP contribution in [0.5, 0.6) is 11.5 Å². The molecule has 0 N–H and O–H groups in total. The first-order chi connectivity index (χ1) is 12.0. The van der Waals surface area contributed by atoms with E-state index in [1.165, 1.54) is 0 Å². The van der Waals surface area contributed by atoms with E-state index < -0.39 is 0 Å². The summed E-state index contributed by atoms with van der Waals surface area (Å²) < 4.78 is 10.7. The minimum atomic E-state index is -0.267. The summed E-state index contributed by atoms with van der Waals surface area (Å²) in [4.78, 5) is 16.5. The Kier molecular flexibility index (Phi) is 6.42. The highest BCUT2D eigenvalue weighted by atomic mass is 16.5. The molecular formula is C20H26N2O3. The lowest BCUT2D eigenvalue weighted by atomic mass is 10.1. The Morgan fingerprint density at radius 2 is 1.72 bits per heavy atom. The molecule has 0 aliphatic carbocycles. The molecule has 0 saturated carbocycles. The van der Waals surface area contributed by atoms with Gasteiger partial charge in [-0.2, -0.15) is 0 Å². The number of nitrogens with zero attached hydrogens (tertiary/aromatic N) is 2. The number of anilines is 1. The second-order valence-corrected chi connectivity index (χ2v) is 6.00. The maximum atomic E-state index is 12.8. The summed E-state index contributed by atoms with van der Waals surface area (Å²) in [5.41, 5.74) is 1.89. The fourth-order valence-corrected chi connectivity index (χ4v) is 2.64. The quantitative estimate of drug-likeness (QED) is 0.775. The summed E-state index contributed by atoms with van der Waals surface area (Å²) in [5.74, 6) is 1.54. The summed E-state index contributed by atoms with van der Waals surface area (Å²) in [6.07, 6.45) is 0. The van der Waals surface area contributed by atoms with Gasteiger partial charge in [0.25, 0.3) is 0 Å². The average molecular weight is 342 g/mol. The van der Waals surface area contributed by atoms with Gasteiger partial charge in [-0.05, 0) is 32.2 Å². The van der Waals surface area contributed by atoms with Gasteiger partial charge in [-0.1, -0.05) is 24.3 Å². The Hall–Kier alpha value is -2.53. The standard InChI is InChI=1S/C20H26N2O3/c1-15(20(23)22(3)17-9-7-6-8-10-17)21(2)14-16-11-12-18(24-4)13-19(16)25-5/h6-13,15H,14H2,1-5H3. The number of rotatable bonds is 7. The first kappa shape index (κ1) is 18.8. The van der Waals surface area contributed by atoms with Crippen molar-refractivity contribution < 1.29 is 14.3 Å². The molecule has 0 bridgehead atoms. The third-order valence-electron chi connectivity index (χ3n) is 4.41. The molecule has 1 atom stereocenters. The number of likely N-dealkylation sites (N-methyl/N-ethyl adjacent to an activating group) is 2. The van der Waals surface area contributed by atoms with Crippen molar-refractivity contribution in [3.05, 3.63) is 54.1 Å². The van der Waals surface area contributed by atoms with Crippen molar-refractivity contribution >= 4 is 11.6 Å². The first-order valence-electron chi connectivity index (χ1n) is 8.21. The van der Waals surface area contributed by atoms with Crippen molar-refractivity contribution in [1.29, 1.82) is 0 Å². The van der Waals surface area contributed by atoms with Gasteiger partial charge < -0.3 is 14.4 Å². The minimum Gasteiger partial charge on any atom is -0.497 e. The van der Waals surface area contributed by atoms with Gasteiger partial charge in [0.05, 0.1) is 20.3 Å². The molecule has 2 aromatic rings. The van der Waals surface area contributed by atoms with Gasteiger partial charge in [-0.3, -0.25) is 9.69 Å². The van der Waals surface area contributed by atoms with E-state index in [9.17, 15) is 4.79 Å². The number of methoxy groups -OCH3 is 2. The number of carbonyl (C=O) groups is 1. The van der Waals surface area contributed by atoms with Crippen LogP contribution >= 0.6 is 0 Å². The number of benzene rings is 2. The number of ether oxygens (including phenoxy) is 2. The molecule has 0 aliphatic heterocycles. The molecule has 5 heteroatoms. The summed E-state index contributed by atoms with van der Waals surface area (Å²) in [5, 5.41) is 0. The van der Waals surface area contributed by atoms with Gasteiger partial charge in [0, 0.05) is 30.9 Å². The van der Waals surface area contributed by atoms with E-state index >= 15 is 0 Å². The van der Waals surface area contributed by atoms with Crippen LogP contribution in [0.3, 0.4) is 0 Å². The third-order valence-corrected chi connectivity index (χ3v) is 4.41. The zero-order valence-electron chi connectivity index (χ0n) is 15.5. The van der Waals surface area contributed by atoms with Crippen LogP contribution in [0.2, 0.25) is 0 Å². The molecule has 0 aromatic heterocycles. The topological polar surface area (TPSA) is 42.0 Å². The van der Waals surface area contributed by atoms with Crippen molar-refractivity contribution in [3.8, 4) is 11.5 Å². The summed E-state index contributed by atoms with van der Waals surface area (Å²) in [7, 11) is 7.00. The molecule has 1 unspecified atom stereocenters. The fourth-order valence-electron chi connectivity index (χ4n) is 2.64. The predicted molar refractivity (Wildman–Crippen MR) is 100 cm³/mol. The Labute approximate surface area is 149 Å². The third kappa shape index (κ3) is 4.51. The lowest BCUT2D eigenvalue weighted by molar-refractivity contribution is -0.122. The van der Waals surface area contributed by atoms with Gasteiger partial charge in [0.15, 0.2) is 0 Å². The molecule has 25 heavy (non-hydrogen) atoms. The maximum absolute atomic E-state index is 12.8. The fraction of sp³-hybridized carbons (Fsp3) is 0.350. The molecule has 0 saturated heterocycles. The Bertz CT molecular complexity index is 703. The maximum Gasteiger partial charge on any atom is 0.243 e. The van der Waals surface area contributed by atoms with E-state index in [-0.39, 0.29) is 11.9 Å². The summed E-state index contributed by atoms with van der Waals surface area (Å²) in [6.45, 7) is 2.51. The van der Waals surface area contributed by atoms with Crippen LogP contribution in [0.15, 0.2) is 48.5 Å². The van der Waals surface area contributed by atoms with E-state index in [0.29, 0.717) is 6.54 Å². The van der Waals surface area contributed by atoms with E-state index in [0.717, 1.165) is 22.7 Å². The number of amides is 1. The molecule has 0 radical (unpaired) electrons. The molecule has 2 rings (SSSR count). The second kappa shape index (κ2) is 8.53. The SMILES string of the molecule is COc1ccc(CN(C)C(C)C(=O)N(C)c2ccccc2)c(OC)c1. The van der Waals surface area contributed by atoms with Crippen molar-refractivity contribution in [1.82, 2.24) is 4.90 Å². The van der Waals surface area contributed by atoms with Gasteiger partial charge in [-0.15, -0.1) is 0 Å². The van der Waals surface area contributed by atoms with Gasteiger partial charge in [0.2, 0.25) is 5.91 Å². The van der Waals surface area contributed by atoms with Crippen LogP contribution in [-0.4, -0.2) is 45.2 Å². The van der Waals surface area contributed by atoms with Crippen molar-refractivity contribution in [2.24, 2.45) is 0 Å². The van der Waals surface area contributed by atoms with Crippen LogP contribution in [0.1, 0.15) is 12.5 Å². The Morgan fingerprint density at radius 1 is 1.04 bits per heavy atom. The monoisotopic (exact) mass is 342 g/mol. The number of hydrogen-bond acceptors (Lipinski definition) is 4. The smallest absolute Gasteiger partial charge is 0.243 e. The molecule has 0 aliphatic rings. The van der Waals surface area contributed by atoms with E-state index in [4.69, 9.17) is 9.47 Å². The number of carbonyl (C=O) groups excluding carboxylic acids is 1. The van der Waals surface area contributed by atoms with Gasteiger partial charge in [0.1, 0.15) is 11.5 Å². The van der Waals surface area contributed by atoms with Crippen molar-refractivity contribution in [2.45, 2.75) is 19.5 Å². The van der Waals surface area contributed by atoms with Crippen LogP contribution < -0.4 is 14.4 Å². The first-order valence-corrected chi connectivity index (χ1v) is 8.21. The van der Waals surface area contributed by atoms with E-state index in [1.54, 1.807) is 26.2 Å². The summed E-state index contributed by atoms with van der Waals surface area (Å²) >= 11 is 0. The molecule has 5 nitrogen and oxygen atoms in total. The molecule has 2 aromatic carbocycles. The number of hydrogen-bond donors (Lipinski definition) is 0. The van der Waals surface area contributed by atoms with Crippen LogP contribution in [0, 0.1) is 0 Å². The van der Waals surface area contributed by atoms with Gasteiger partial charge >= 0.3 is 0 Å². The molecule has 0 heterocycles. The lowest BCUT2D eigenvalue weighted by Crippen LogP contribution is -2.44. The predicted octanol–water partition coefficient (Wildman–Crippen LogP) is 3.19. The van der Waals surface area contributed by atoms with E-state index in [2.05, 4.69) is 0 Å². The zero-order valence-corrected chi connectivity index (χ0v) is 15.5. The highest BCUT2D eigenvalue weighted by molar-refractivity contribution is 5.96. The molecule has 134 valence electrons. The summed E-state index contributed by atoms with van der Waals surface area (Å²) in [6, 6.07) is 15.1. The largest absolute Gasteiger partial charge is 0.497 e. The minimum absolute atomic E-state index is 0.0428. The molecular weight excluding hydrogens is 316 g/mol.